The lowest BCUT2D eigenvalue weighted by Crippen LogP contribution is -2.47. The first-order valence-electron chi connectivity index (χ1n) is 8.19. The van der Waals surface area contributed by atoms with Crippen molar-refractivity contribution in [2.75, 3.05) is 46.4 Å². The average molecular weight is 399 g/mol. The Balaban J connectivity index is 1.61. The number of morpholine rings is 1. The first kappa shape index (κ1) is 17.7. The molecule has 0 spiro atoms. The van der Waals surface area contributed by atoms with Gasteiger partial charge in [0.1, 0.15) is 5.75 Å². The highest BCUT2D eigenvalue weighted by Crippen LogP contribution is 2.34. The SMILES string of the molecule is CN(CC(=O)O)CC1CN(Cc2cc(Br)cc3c2OCC3)CCO1. The lowest BCUT2D eigenvalue weighted by atomic mass is 10.1. The van der Waals surface area contributed by atoms with Crippen molar-refractivity contribution in [1.29, 1.82) is 0 Å². The molecule has 2 aliphatic heterocycles. The average Bonchev–Trinajstić information content (AvgIpc) is 2.94. The van der Waals surface area contributed by atoms with E-state index in [1.165, 1.54) is 11.1 Å². The van der Waals surface area contributed by atoms with Crippen LogP contribution in [0.3, 0.4) is 0 Å². The van der Waals surface area contributed by atoms with E-state index in [0.29, 0.717) is 13.2 Å². The van der Waals surface area contributed by atoms with Crippen LogP contribution in [0.5, 0.6) is 5.75 Å². The highest BCUT2D eigenvalue weighted by molar-refractivity contribution is 9.10. The molecule has 1 aromatic carbocycles. The Morgan fingerprint density at radius 1 is 1.46 bits per heavy atom. The number of rotatable bonds is 6. The summed E-state index contributed by atoms with van der Waals surface area (Å²) < 4.78 is 12.7. The van der Waals surface area contributed by atoms with Crippen molar-refractivity contribution in [2.45, 2.75) is 19.1 Å². The van der Waals surface area contributed by atoms with Crippen molar-refractivity contribution >= 4 is 21.9 Å². The predicted octanol–water partition coefficient (Wildman–Crippen LogP) is 1.60. The van der Waals surface area contributed by atoms with E-state index >= 15 is 0 Å². The molecule has 0 saturated carbocycles. The van der Waals surface area contributed by atoms with Gasteiger partial charge in [-0.1, -0.05) is 15.9 Å². The van der Waals surface area contributed by atoms with Crippen molar-refractivity contribution in [3.63, 3.8) is 0 Å². The zero-order valence-electron chi connectivity index (χ0n) is 13.8. The van der Waals surface area contributed by atoms with Crippen LogP contribution in [0.15, 0.2) is 16.6 Å². The molecule has 3 rings (SSSR count). The van der Waals surface area contributed by atoms with Crippen LogP contribution in [-0.2, 0) is 22.5 Å². The van der Waals surface area contributed by atoms with Crippen LogP contribution < -0.4 is 4.74 Å². The summed E-state index contributed by atoms with van der Waals surface area (Å²) >= 11 is 3.59. The monoisotopic (exact) mass is 398 g/mol. The fourth-order valence-corrected chi connectivity index (χ4v) is 3.93. The van der Waals surface area contributed by atoms with E-state index in [1.54, 1.807) is 4.90 Å². The van der Waals surface area contributed by atoms with E-state index in [2.05, 4.69) is 33.0 Å². The van der Waals surface area contributed by atoms with Gasteiger partial charge in [-0.05, 0) is 24.7 Å². The van der Waals surface area contributed by atoms with Gasteiger partial charge in [0.05, 0.1) is 25.9 Å². The minimum absolute atomic E-state index is 0.0317. The van der Waals surface area contributed by atoms with Crippen LogP contribution >= 0.6 is 15.9 Å². The summed E-state index contributed by atoms with van der Waals surface area (Å²) in [5, 5.41) is 8.86. The minimum Gasteiger partial charge on any atom is -0.493 e. The molecule has 0 amide bonds. The van der Waals surface area contributed by atoms with Gasteiger partial charge in [-0.2, -0.15) is 0 Å². The van der Waals surface area contributed by atoms with Crippen LogP contribution in [0.1, 0.15) is 11.1 Å². The third kappa shape index (κ3) is 4.47. The van der Waals surface area contributed by atoms with Gasteiger partial charge in [-0.15, -0.1) is 0 Å². The first-order chi connectivity index (χ1) is 11.5. The molecular formula is C17H23BrN2O4. The Hall–Kier alpha value is -1.15. The number of ether oxygens (including phenoxy) is 2. The molecule has 7 heteroatoms. The maximum Gasteiger partial charge on any atom is 0.317 e. The summed E-state index contributed by atoms with van der Waals surface area (Å²) in [5.74, 6) is 0.219. The molecule has 1 N–H and O–H groups in total. The smallest absolute Gasteiger partial charge is 0.317 e. The molecule has 24 heavy (non-hydrogen) atoms. The number of nitrogens with zero attached hydrogens (tertiary/aromatic N) is 2. The van der Waals surface area contributed by atoms with Gasteiger partial charge in [0.25, 0.3) is 0 Å². The Bertz CT molecular complexity index is 610. The molecule has 1 atom stereocenters. The largest absolute Gasteiger partial charge is 0.493 e. The summed E-state index contributed by atoms with van der Waals surface area (Å²) in [5.41, 5.74) is 2.47. The Morgan fingerprint density at radius 2 is 2.29 bits per heavy atom. The van der Waals surface area contributed by atoms with Gasteiger partial charge >= 0.3 is 5.97 Å². The van der Waals surface area contributed by atoms with Crippen LogP contribution in [-0.4, -0.2) is 73.4 Å². The first-order valence-corrected chi connectivity index (χ1v) is 8.99. The van der Waals surface area contributed by atoms with Gasteiger partial charge in [0.2, 0.25) is 0 Å². The summed E-state index contributed by atoms with van der Waals surface area (Å²) in [6.45, 7) is 4.58. The zero-order chi connectivity index (χ0) is 17.1. The fourth-order valence-electron chi connectivity index (χ4n) is 3.38. The van der Waals surface area contributed by atoms with Crippen molar-refractivity contribution < 1.29 is 19.4 Å². The van der Waals surface area contributed by atoms with E-state index in [4.69, 9.17) is 14.6 Å². The van der Waals surface area contributed by atoms with Crippen LogP contribution in [0, 0.1) is 0 Å². The number of halogens is 1. The summed E-state index contributed by atoms with van der Waals surface area (Å²) in [6.07, 6.45) is 0.997. The quantitative estimate of drug-likeness (QED) is 0.784. The summed E-state index contributed by atoms with van der Waals surface area (Å²) in [4.78, 5) is 14.9. The van der Waals surface area contributed by atoms with Crippen LogP contribution in [0.4, 0.5) is 0 Å². The van der Waals surface area contributed by atoms with Crippen LogP contribution in [0.2, 0.25) is 0 Å². The standard InChI is InChI=1S/C17H23BrN2O4/c1-19(11-16(21)22)9-15-10-20(3-5-23-15)8-13-7-14(18)6-12-2-4-24-17(12)13/h6-7,15H,2-5,8-11H2,1H3,(H,21,22). The Labute approximate surface area is 150 Å². The van der Waals surface area contributed by atoms with Crippen molar-refractivity contribution in [1.82, 2.24) is 9.80 Å². The molecule has 1 fully saturated rings. The van der Waals surface area contributed by atoms with Gasteiger partial charge in [0, 0.05) is 42.6 Å². The second kappa shape index (κ2) is 7.82. The fraction of sp³-hybridized carbons (Fsp3) is 0.588. The Morgan fingerprint density at radius 3 is 3.08 bits per heavy atom. The number of aliphatic carboxylic acids is 1. The number of hydrogen-bond donors (Lipinski definition) is 1. The van der Waals surface area contributed by atoms with E-state index in [1.807, 2.05) is 7.05 Å². The van der Waals surface area contributed by atoms with Gasteiger partial charge in [0.15, 0.2) is 0 Å². The van der Waals surface area contributed by atoms with Gasteiger partial charge < -0.3 is 14.6 Å². The van der Waals surface area contributed by atoms with E-state index < -0.39 is 5.97 Å². The molecule has 1 saturated heterocycles. The number of benzene rings is 1. The van der Waals surface area contributed by atoms with E-state index in [9.17, 15) is 4.79 Å². The second-order valence-corrected chi connectivity index (χ2v) is 7.39. The molecule has 1 unspecified atom stereocenters. The van der Waals surface area contributed by atoms with Crippen molar-refractivity contribution in [2.24, 2.45) is 0 Å². The zero-order valence-corrected chi connectivity index (χ0v) is 15.4. The third-order valence-corrected chi connectivity index (χ3v) is 4.82. The maximum atomic E-state index is 10.8. The maximum absolute atomic E-state index is 10.8. The molecule has 0 radical (unpaired) electrons. The highest BCUT2D eigenvalue weighted by atomic mass is 79.9. The summed E-state index contributed by atoms with van der Waals surface area (Å²) in [7, 11) is 1.81. The molecular weight excluding hydrogens is 376 g/mol. The lowest BCUT2D eigenvalue weighted by molar-refractivity contribution is -0.138. The molecule has 0 bridgehead atoms. The molecule has 0 aromatic heterocycles. The number of carboxylic acids is 1. The number of likely N-dealkylation sites (N-methyl/N-ethyl adjacent to an activating group) is 1. The number of carboxylic acid groups (broad SMARTS) is 1. The number of carbonyl (C=O) groups is 1. The third-order valence-electron chi connectivity index (χ3n) is 4.36. The highest BCUT2D eigenvalue weighted by Gasteiger charge is 2.25. The number of hydrogen-bond acceptors (Lipinski definition) is 5. The molecule has 1 aromatic rings. The minimum atomic E-state index is -0.813. The van der Waals surface area contributed by atoms with Gasteiger partial charge in [-0.3, -0.25) is 14.6 Å². The van der Waals surface area contributed by atoms with Crippen molar-refractivity contribution in [3.8, 4) is 5.75 Å². The molecule has 2 heterocycles. The van der Waals surface area contributed by atoms with Crippen LogP contribution in [0.25, 0.3) is 0 Å². The topological polar surface area (TPSA) is 62.2 Å². The number of fused-ring (bicyclic) bond motifs is 1. The Kier molecular flexibility index (Phi) is 5.76. The van der Waals surface area contributed by atoms with E-state index in [-0.39, 0.29) is 12.6 Å². The molecule has 132 valence electrons. The lowest BCUT2D eigenvalue weighted by Gasteiger charge is -2.34. The second-order valence-electron chi connectivity index (χ2n) is 6.47. The van der Waals surface area contributed by atoms with E-state index in [0.717, 1.165) is 42.9 Å². The normalized spacial score (nSPS) is 20.9. The molecule has 0 aliphatic carbocycles. The van der Waals surface area contributed by atoms with Gasteiger partial charge in [-0.25, -0.2) is 0 Å². The predicted molar refractivity (Wildman–Crippen MR) is 93.5 cm³/mol. The summed E-state index contributed by atoms with van der Waals surface area (Å²) in [6, 6.07) is 4.26. The van der Waals surface area contributed by atoms with Crippen molar-refractivity contribution in [3.05, 3.63) is 27.7 Å². The molecule has 2 aliphatic rings. The molecule has 6 nitrogen and oxygen atoms in total.